The van der Waals surface area contributed by atoms with Crippen molar-refractivity contribution in [1.29, 1.82) is 0 Å². The minimum atomic E-state index is -4.23. The molecule has 2 atom stereocenters. The Morgan fingerprint density at radius 2 is 2.00 bits per heavy atom. The van der Waals surface area contributed by atoms with E-state index >= 15 is 0 Å². The average molecular weight is 309 g/mol. The van der Waals surface area contributed by atoms with Crippen LogP contribution >= 0.6 is 0 Å². The molecule has 1 aliphatic heterocycles. The summed E-state index contributed by atoms with van der Waals surface area (Å²) in [6.45, 7) is 1.97. The number of nitrogens with one attached hydrogen (secondary N) is 2. The first-order valence-electron chi connectivity index (χ1n) is 7.09. The number of nitrogens with zero attached hydrogens (tertiary/aromatic N) is 1. The molecule has 122 valence electrons. The molecule has 2 amide bonds. The van der Waals surface area contributed by atoms with Gasteiger partial charge in [0.25, 0.3) is 0 Å². The first-order chi connectivity index (χ1) is 9.79. The lowest BCUT2D eigenvalue weighted by molar-refractivity contribution is -0.180. The number of amides is 2. The molecule has 8 heteroatoms. The minimum absolute atomic E-state index is 0.0627. The van der Waals surface area contributed by atoms with Gasteiger partial charge in [-0.3, -0.25) is 9.59 Å². The molecule has 0 aromatic heterocycles. The zero-order valence-electron chi connectivity index (χ0n) is 12.3. The normalized spacial score (nSPS) is 22.7. The summed E-state index contributed by atoms with van der Waals surface area (Å²) in [6, 6.07) is -0.639. The van der Waals surface area contributed by atoms with Gasteiger partial charge in [-0.1, -0.05) is 6.92 Å². The maximum Gasteiger partial charge on any atom is 0.393 e. The van der Waals surface area contributed by atoms with Gasteiger partial charge < -0.3 is 15.5 Å². The second kappa shape index (κ2) is 7.63. The van der Waals surface area contributed by atoms with Gasteiger partial charge in [0.1, 0.15) is 0 Å². The topological polar surface area (TPSA) is 61.4 Å². The first kappa shape index (κ1) is 17.7. The van der Waals surface area contributed by atoms with E-state index in [2.05, 4.69) is 10.6 Å². The molecule has 1 rings (SSSR count). The van der Waals surface area contributed by atoms with Crippen LogP contribution in [0.4, 0.5) is 13.2 Å². The molecule has 2 N–H and O–H groups in total. The number of carbonyl (C=O) groups excluding carboxylic acids is 2. The van der Waals surface area contributed by atoms with Crippen molar-refractivity contribution in [3.05, 3.63) is 0 Å². The Hall–Kier alpha value is -1.31. The summed E-state index contributed by atoms with van der Waals surface area (Å²) in [4.78, 5) is 25.1. The largest absolute Gasteiger partial charge is 0.393 e. The molecule has 1 saturated heterocycles. The van der Waals surface area contributed by atoms with Crippen LogP contribution in [0.15, 0.2) is 0 Å². The van der Waals surface area contributed by atoms with Crippen LogP contribution in [0.3, 0.4) is 0 Å². The highest BCUT2D eigenvalue weighted by Crippen LogP contribution is 2.32. The number of hydrogen-bond donors (Lipinski definition) is 2. The van der Waals surface area contributed by atoms with E-state index in [-0.39, 0.29) is 37.7 Å². The predicted molar refractivity (Wildman–Crippen MR) is 71.5 cm³/mol. The van der Waals surface area contributed by atoms with Crippen LogP contribution in [0.2, 0.25) is 0 Å². The zero-order chi connectivity index (χ0) is 16.0. The van der Waals surface area contributed by atoms with Gasteiger partial charge in [-0.2, -0.15) is 13.2 Å². The molecule has 0 radical (unpaired) electrons. The summed E-state index contributed by atoms with van der Waals surface area (Å²) < 4.78 is 37.7. The third-order valence-corrected chi connectivity index (χ3v) is 3.59. The molecule has 1 aliphatic rings. The Labute approximate surface area is 122 Å². The van der Waals surface area contributed by atoms with E-state index in [1.165, 1.54) is 11.9 Å². The third-order valence-electron chi connectivity index (χ3n) is 3.59. The number of rotatable bonds is 5. The lowest BCUT2D eigenvalue weighted by Gasteiger charge is -2.33. The van der Waals surface area contributed by atoms with E-state index in [9.17, 15) is 22.8 Å². The fraction of sp³-hybridized carbons (Fsp3) is 0.846. The van der Waals surface area contributed by atoms with Gasteiger partial charge in [0.2, 0.25) is 11.8 Å². The van der Waals surface area contributed by atoms with Gasteiger partial charge in [0.15, 0.2) is 0 Å². The highest BCUT2D eigenvalue weighted by Gasteiger charge is 2.43. The number of carbonyl (C=O) groups is 2. The summed E-state index contributed by atoms with van der Waals surface area (Å²) in [5.74, 6) is -2.00. The number of likely N-dealkylation sites (N-methyl/N-ethyl adjacent to an activating group) is 1. The summed E-state index contributed by atoms with van der Waals surface area (Å²) in [7, 11) is 1.48. The van der Waals surface area contributed by atoms with Crippen LogP contribution in [0.25, 0.3) is 0 Å². The van der Waals surface area contributed by atoms with E-state index in [4.69, 9.17) is 0 Å². The van der Waals surface area contributed by atoms with Crippen molar-refractivity contribution in [3.63, 3.8) is 0 Å². The molecule has 0 aromatic rings. The van der Waals surface area contributed by atoms with Gasteiger partial charge in [0, 0.05) is 20.1 Å². The van der Waals surface area contributed by atoms with E-state index in [0.29, 0.717) is 13.0 Å². The summed E-state index contributed by atoms with van der Waals surface area (Å²) in [6.07, 6.45) is -3.48. The van der Waals surface area contributed by atoms with Crippen LogP contribution in [0, 0.1) is 5.92 Å². The van der Waals surface area contributed by atoms with Gasteiger partial charge >= 0.3 is 6.18 Å². The van der Waals surface area contributed by atoms with Crippen molar-refractivity contribution in [3.8, 4) is 0 Å². The average Bonchev–Trinajstić information content (AvgIpc) is 2.45. The highest BCUT2D eigenvalue weighted by atomic mass is 19.4. The van der Waals surface area contributed by atoms with Gasteiger partial charge in [-0.15, -0.1) is 0 Å². The number of hydrogen-bond acceptors (Lipinski definition) is 3. The Morgan fingerprint density at radius 1 is 1.33 bits per heavy atom. The molecule has 0 aliphatic carbocycles. The Morgan fingerprint density at radius 3 is 2.43 bits per heavy atom. The number of alkyl halides is 3. The van der Waals surface area contributed by atoms with E-state index in [0.717, 1.165) is 0 Å². The maximum absolute atomic E-state index is 12.6. The Bertz CT molecular complexity index is 366. The monoisotopic (exact) mass is 309 g/mol. The second-order valence-corrected chi connectivity index (χ2v) is 5.21. The molecule has 1 heterocycles. The molecule has 0 aromatic carbocycles. The van der Waals surface area contributed by atoms with E-state index in [1.54, 1.807) is 0 Å². The molecule has 0 saturated carbocycles. The molecule has 5 nitrogen and oxygen atoms in total. The lowest BCUT2D eigenvalue weighted by Crippen LogP contribution is -2.54. The summed E-state index contributed by atoms with van der Waals surface area (Å²) in [5, 5.41) is 5.10. The molecule has 2 unspecified atom stereocenters. The van der Waals surface area contributed by atoms with Gasteiger partial charge in [0.05, 0.1) is 18.5 Å². The van der Waals surface area contributed by atoms with Crippen LogP contribution in [-0.4, -0.2) is 55.6 Å². The van der Waals surface area contributed by atoms with E-state index in [1.807, 2.05) is 6.92 Å². The third kappa shape index (κ3) is 5.18. The Kier molecular flexibility index (Phi) is 6.44. The van der Waals surface area contributed by atoms with Crippen molar-refractivity contribution < 1.29 is 22.8 Å². The van der Waals surface area contributed by atoms with Crippen molar-refractivity contribution in [1.82, 2.24) is 15.5 Å². The van der Waals surface area contributed by atoms with Crippen molar-refractivity contribution in [2.24, 2.45) is 5.92 Å². The SMILES string of the molecule is CCCN(CC(=O)NC)C(=O)C1CCC(C(F)(F)F)CN1. The Balaban J connectivity index is 2.59. The first-order valence-corrected chi connectivity index (χ1v) is 7.09. The standard InChI is InChI=1S/C13H22F3N3O2/c1-3-6-19(8-11(20)17-2)12(21)10-5-4-9(7-18-10)13(14,15)16/h9-10,18H,3-8H2,1-2H3,(H,17,20). The molecule has 0 bridgehead atoms. The molecule has 0 spiro atoms. The molecular weight excluding hydrogens is 287 g/mol. The zero-order valence-corrected chi connectivity index (χ0v) is 12.3. The molecular formula is C13H22F3N3O2. The highest BCUT2D eigenvalue weighted by molar-refractivity contribution is 5.87. The van der Waals surface area contributed by atoms with Crippen molar-refractivity contribution in [2.45, 2.75) is 38.4 Å². The smallest absolute Gasteiger partial charge is 0.358 e. The van der Waals surface area contributed by atoms with Crippen molar-refractivity contribution in [2.75, 3.05) is 26.7 Å². The summed E-state index contributed by atoms with van der Waals surface area (Å²) in [5.41, 5.74) is 0. The van der Waals surface area contributed by atoms with Gasteiger partial charge in [-0.25, -0.2) is 0 Å². The van der Waals surface area contributed by atoms with E-state index < -0.39 is 18.1 Å². The van der Waals surface area contributed by atoms with Crippen LogP contribution < -0.4 is 10.6 Å². The quantitative estimate of drug-likeness (QED) is 0.793. The fourth-order valence-electron chi connectivity index (χ4n) is 2.36. The van der Waals surface area contributed by atoms with Crippen LogP contribution in [0.5, 0.6) is 0 Å². The van der Waals surface area contributed by atoms with Crippen LogP contribution in [0.1, 0.15) is 26.2 Å². The molecule has 1 fully saturated rings. The molecule has 21 heavy (non-hydrogen) atoms. The number of piperidine rings is 1. The van der Waals surface area contributed by atoms with Crippen LogP contribution in [-0.2, 0) is 9.59 Å². The minimum Gasteiger partial charge on any atom is -0.358 e. The maximum atomic E-state index is 12.6. The second-order valence-electron chi connectivity index (χ2n) is 5.21. The summed E-state index contributed by atoms with van der Waals surface area (Å²) >= 11 is 0. The fourth-order valence-corrected chi connectivity index (χ4v) is 2.36. The predicted octanol–water partition coefficient (Wildman–Crippen LogP) is 0.901. The number of halogens is 3. The van der Waals surface area contributed by atoms with Crippen molar-refractivity contribution >= 4 is 11.8 Å². The lowest BCUT2D eigenvalue weighted by atomic mass is 9.93. The van der Waals surface area contributed by atoms with Gasteiger partial charge in [-0.05, 0) is 19.3 Å².